The van der Waals surface area contributed by atoms with Crippen molar-refractivity contribution in [3.63, 3.8) is 0 Å². The van der Waals surface area contributed by atoms with Crippen molar-refractivity contribution < 1.29 is 9.59 Å². The van der Waals surface area contributed by atoms with Crippen LogP contribution in [0.15, 0.2) is 76.5 Å². The molecule has 0 aliphatic heterocycles. The summed E-state index contributed by atoms with van der Waals surface area (Å²) in [6.45, 7) is 4.26. The Bertz CT molecular complexity index is 1140. The predicted molar refractivity (Wildman–Crippen MR) is 119 cm³/mol. The minimum Gasteiger partial charge on any atom is -0.352 e. The quantitative estimate of drug-likeness (QED) is 0.592. The normalized spacial score (nSPS) is 10.2. The highest BCUT2D eigenvalue weighted by molar-refractivity contribution is 7.99. The largest absolute Gasteiger partial charge is 0.352 e. The fourth-order valence-electron chi connectivity index (χ4n) is 2.86. The number of benzene rings is 3. The van der Waals surface area contributed by atoms with E-state index < -0.39 is 0 Å². The molecule has 0 fully saturated rings. The highest BCUT2D eigenvalue weighted by atomic mass is 32.2. The second-order valence-corrected chi connectivity index (χ2v) is 7.63. The van der Waals surface area contributed by atoms with Crippen molar-refractivity contribution in [3.05, 3.63) is 89.0 Å². The van der Waals surface area contributed by atoms with Crippen LogP contribution in [0.4, 0.5) is 5.69 Å². The Morgan fingerprint density at radius 3 is 2.40 bits per heavy atom. The molecule has 0 atom stereocenters. The summed E-state index contributed by atoms with van der Waals surface area (Å²) >= 11 is 1.38. The van der Waals surface area contributed by atoms with Gasteiger partial charge in [-0.05, 0) is 55.8 Å². The van der Waals surface area contributed by atoms with Crippen LogP contribution in [0.2, 0.25) is 0 Å². The van der Waals surface area contributed by atoms with Crippen molar-refractivity contribution in [3.8, 4) is 6.07 Å². The van der Waals surface area contributed by atoms with E-state index in [0.717, 1.165) is 15.4 Å². The molecule has 0 bridgehead atoms. The van der Waals surface area contributed by atoms with E-state index in [1.807, 2.05) is 50.2 Å². The van der Waals surface area contributed by atoms with Crippen molar-refractivity contribution in [2.24, 2.45) is 0 Å². The van der Waals surface area contributed by atoms with Crippen LogP contribution < -0.4 is 10.6 Å². The van der Waals surface area contributed by atoms with Gasteiger partial charge in [0.15, 0.2) is 0 Å². The first-order valence-corrected chi connectivity index (χ1v) is 10.3. The summed E-state index contributed by atoms with van der Waals surface area (Å²) in [6.07, 6.45) is 0. The van der Waals surface area contributed by atoms with E-state index in [9.17, 15) is 14.9 Å². The van der Waals surface area contributed by atoms with Gasteiger partial charge in [0.1, 0.15) is 6.07 Å². The number of hydrogen-bond acceptors (Lipinski definition) is 4. The van der Waals surface area contributed by atoms with Crippen molar-refractivity contribution in [1.82, 2.24) is 5.32 Å². The first-order valence-electron chi connectivity index (χ1n) is 9.49. The van der Waals surface area contributed by atoms with Gasteiger partial charge in [-0.2, -0.15) is 5.26 Å². The molecule has 0 radical (unpaired) electrons. The number of aryl methyl sites for hydroxylation is 1. The summed E-state index contributed by atoms with van der Waals surface area (Å²) in [5.74, 6) is -0.458. The third kappa shape index (κ3) is 4.88. The third-order valence-corrected chi connectivity index (χ3v) is 5.60. The van der Waals surface area contributed by atoms with Crippen LogP contribution >= 0.6 is 11.8 Å². The van der Waals surface area contributed by atoms with Crippen molar-refractivity contribution in [2.45, 2.75) is 23.6 Å². The molecule has 2 amide bonds. The molecule has 30 heavy (non-hydrogen) atoms. The average molecular weight is 416 g/mol. The Morgan fingerprint density at radius 2 is 1.67 bits per heavy atom. The highest BCUT2D eigenvalue weighted by Gasteiger charge is 2.15. The maximum Gasteiger partial charge on any atom is 0.256 e. The lowest BCUT2D eigenvalue weighted by Crippen LogP contribution is -2.23. The van der Waals surface area contributed by atoms with E-state index in [-0.39, 0.29) is 11.8 Å². The van der Waals surface area contributed by atoms with Crippen LogP contribution in [-0.2, 0) is 0 Å². The molecule has 3 rings (SSSR count). The zero-order chi connectivity index (χ0) is 21.5. The van der Waals surface area contributed by atoms with Crippen molar-refractivity contribution in [1.29, 1.82) is 5.26 Å². The first-order chi connectivity index (χ1) is 14.5. The number of anilines is 1. The molecular formula is C24H21N3O2S. The van der Waals surface area contributed by atoms with Crippen molar-refractivity contribution in [2.75, 3.05) is 11.9 Å². The molecule has 0 saturated carbocycles. The van der Waals surface area contributed by atoms with E-state index in [2.05, 4.69) is 16.7 Å². The standard InChI is InChI=1S/C24H21N3O2S/c1-3-26-23(28)17-13-12-16(2)20(14-17)27-24(29)19-9-5-7-11-22(19)30-21-10-6-4-8-18(21)15-25/h4-14H,3H2,1-2H3,(H,26,28)(H,27,29). The molecule has 6 heteroatoms. The van der Waals surface area contributed by atoms with E-state index in [1.165, 1.54) is 11.8 Å². The van der Waals surface area contributed by atoms with Crippen LogP contribution in [0.1, 0.15) is 38.8 Å². The molecule has 2 N–H and O–H groups in total. The lowest BCUT2D eigenvalue weighted by molar-refractivity contribution is 0.0954. The predicted octanol–water partition coefficient (Wildman–Crippen LogP) is 5.02. The lowest BCUT2D eigenvalue weighted by Gasteiger charge is -2.13. The lowest BCUT2D eigenvalue weighted by atomic mass is 10.1. The average Bonchev–Trinajstić information content (AvgIpc) is 2.76. The summed E-state index contributed by atoms with van der Waals surface area (Å²) < 4.78 is 0. The Hall–Kier alpha value is -3.56. The SMILES string of the molecule is CCNC(=O)c1ccc(C)c(NC(=O)c2ccccc2Sc2ccccc2C#N)c1. The molecule has 0 heterocycles. The van der Waals surface area contributed by atoms with Crippen LogP contribution in [0.25, 0.3) is 0 Å². The summed E-state index contributed by atoms with van der Waals surface area (Å²) in [7, 11) is 0. The second-order valence-electron chi connectivity index (χ2n) is 6.55. The number of amides is 2. The van der Waals surface area contributed by atoms with E-state index in [0.29, 0.717) is 28.9 Å². The van der Waals surface area contributed by atoms with Crippen LogP contribution in [0.3, 0.4) is 0 Å². The monoisotopic (exact) mass is 415 g/mol. The maximum absolute atomic E-state index is 13.0. The summed E-state index contributed by atoms with van der Waals surface area (Å²) in [6, 6.07) is 21.9. The molecule has 0 aliphatic carbocycles. The molecule has 0 unspecified atom stereocenters. The van der Waals surface area contributed by atoms with Gasteiger partial charge < -0.3 is 10.6 Å². The fourth-order valence-corrected chi connectivity index (χ4v) is 3.88. The molecule has 3 aromatic rings. The Kier molecular flexibility index (Phi) is 6.89. The molecule has 3 aromatic carbocycles. The highest BCUT2D eigenvalue weighted by Crippen LogP contribution is 2.33. The topological polar surface area (TPSA) is 82.0 Å². The van der Waals surface area contributed by atoms with Crippen LogP contribution in [-0.4, -0.2) is 18.4 Å². The first kappa shape index (κ1) is 21.2. The summed E-state index contributed by atoms with van der Waals surface area (Å²) in [5.41, 5.74) is 2.99. The van der Waals surface area contributed by atoms with Gasteiger partial charge in [-0.25, -0.2) is 0 Å². The van der Waals surface area contributed by atoms with Gasteiger partial charge in [0, 0.05) is 27.6 Å². The molecule has 150 valence electrons. The summed E-state index contributed by atoms with van der Waals surface area (Å²) in [5, 5.41) is 15.0. The number of nitrogens with zero attached hydrogens (tertiary/aromatic N) is 1. The number of nitriles is 1. The molecule has 0 aliphatic rings. The van der Waals surface area contributed by atoms with Gasteiger partial charge in [0.2, 0.25) is 0 Å². The molecular weight excluding hydrogens is 394 g/mol. The van der Waals surface area contributed by atoms with Gasteiger partial charge in [-0.3, -0.25) is 9.59 Å². The van der Waals surface area contributed by atoms with E-state index >= 15 is 0 Å². The van der Waals surface area contributed by atoms with E-state index in [4.69, 9.17) is 0 Å². The Morgan fingerprint density at radius 1 is 0.967 bits per heavy atom. The zero-order valence-corrected chi connectivity index (χ0v) is 17.5. The minimum atomic E-state index is -0.274. The Labute approximate surface area is 180 Å². The van der Waals surface area contributed by atoms with Gasteiger partial charge >= 0.3 is 0 Å². The van der Waals surface area contributed by atoms with Gasteiger partial charge in [0.25, 0.3) is 11.8 Å². The van der Waals surface area contributed by atoms with Gasteiger partial charge in [-0.1, -0.05) is 42.1 Å². The third-order valence-electron chi connectivity index (χ3n) is 4.44. The van der Waals surface area contributed by atoms with Crippen LogP contribution in [0.5, 0.6) is 0 Å². The maximum atomic E-state index is 13.0. The zero-order valence-electron chi connectivity index (χ0n) is 16.7. The molecule has 5 nitrogen and oxygen atoms in total. The molecule has 0 aromatic heterocycles. The Balaban J connectivity index is 1.88. The van der Waals surface area contributed by atoms with Crippen molar-refractivity contribution >= 4 is 29.3 Å². The number of hydrogen-bond donors (Lipinski definition) is 2. The second kappa shape index (κ2) is 9.77. The van der Waals surface area contributed by atoms with Crippen LogP contribution in [0, 0.1) is 18.3 Å². The van der Waals surface area contributed by atoms with Gasteiger partial charge in [0.05, 0.1) is 11.1 Å². The minimum absolute atomic E-state index is 0.183. The smallest absolute Gasteiger partial charge is 0.256 e. The fraction of sp³-hybridized carbons (Fsp3) is 0.125. The summed E-state index contributed by atoms with van der Waals surface area (Å²) in [4.78, 5) is 26.7. The van der Waals surface area contributed by atoms with Gasteiger partial charge in [-0.15, -0.1) is 0 Å². The number of nitrogens with one attached hydrogen (secondary N) is 2. The molecule has 0 spiro atoms. The molecule has 0 saturated heterocycles. The number of carbonyl (C=O) groups is 2. The number of rotatable bonds is 6. The van der Waals surface area contributed by atoms with E-state index in [1.54, 1.807) is 30.3 Å². The number of carbonyl (C=O) groups excluding carboxylic acids is 2.